The highest BCUT2D eigenvalue weighted by atomic mass is 32.2. The summed E-state index contributed by atoms with van der Waals surface area (Å²) < 4.78 is 0. The molecule has 4 aromatic rings. The molecule has 4 nitrogen and oxygen atoms in total. The van der Waals surface area contributed by atoms with Crippen molar-refractivity contribution in [3.8, 4) is 0 Å². The lowest BCUT2D eigenvalue weighted by Gasteiger charge is -2.18. The zero-order chi connectivity index (χ0) is 23.0. The van der Waals surface area contributed by atoms with Gasteiger partial charge in [-0.1, -0.05) is 73.7 Å². The Bertz CT molecular complexity index is 1260. The second kappa shape index (κ2) is 10.8. The number of benzene rings is 4. The van der Waals surface area contributed by atoms with Crippen LogP contribution in [0.25, 0.3) is 10.8 Å². The van der Waals surface area contributed by atoms with Crippen molar-refractivity contribution in [3.05, 3.63) is 103 Å². The molecule has 0 saturated carbocycles. The maximum Gasteiger partial charge on any atom is 0.242 e. The van der Waals surface area contributed by atoms with Crippen molar-refractivity contribution >= 4 is 45.7 Å². The molecule has 0 heterocycles. The third kappa shape index (κ3) is 6.02. The fourth-order valence-corrected chi connectivity index (χ4v) is 4.69. The van der Waals surface area contributed by atoms with Crippen molar-refractivity contribution in [2.75, 3.05) is 10.6 Å². The minimum atomic E-state index is -0.445. The number of hydrogen-bond donors (Lipinski definition) is 2. The van der Waals surface area contributed by atoms with Gasteiger partial charge in [-0.05, 0) is 53.1 Å². The third-order valence-electron chi connectivity index (χ3n) is 5.21. The first-order valence-electron chi connectivity index (χ1n) is 11.0. The molecule has 1 unspecified atom stereocenters. The summed E-state index contributed by atoms with van der Waals surface area (Å²) in [7, 11) is 0. The number of rotatable bonds is 8. The van der Waals surface area contributed by atoms with Gasteiger partial charge in [0.05, 0.1) is 0 Å². The van der Waals surface area contributed by atoms with Crippen LogP contribution in [0.3, 0.4) is 0 Å². The number of carbonyl (C=O) groups is 2. The number of carbonyl (C=O) groups excluding carboxylic acids is 2. The van der Waals surface area contributed by atoms with Gasteiger partial charge in [0, 0.05) is 22.7 Å². The highest BCUT2D eigenvalue weighted by molar-refractivity contribution is 8.00. The monoisotopic (exact) mass is 454 g/mol. The molecule has 2 N–H and O–H groups in total. The Morgan fingerprint density at radius 1 is 0.758 bits per heavy atom. The van der Waals surface area contributed by atoms with Crippen molar-refractivity contribution in [2.45, 2.75) is 29.9 Å². The van der Waals surface area contributed by atoms with Gasteiger partial charge in [-0.3, -0.25) is 9.59 Å². The van der Waals surface area contributed by atoms with Gasteiger partial charge in [0.15, 0.2) is 0 Å². The summed E-state index contributed by atoms with van der Waals surface area (Å²) in [5.41, 5.74) is 2.42. The van der Waals surface area contributed by atoms with Gasteiger partial charge < -0.3 is 10.6 Å². The van der Waals surface area contributed by atoms with E-state index >= 15 is 0 Å². The first-order chi connectivity index (χ1) is 16.1. The number of anilines is 2. The fraction of sp³-hybridized carbons (Fsp3) is 0.143. The predicted molar refractivity (Wildman–Crippen MR) is 138 cm³/mol. The Labute approximate surface area is 198 Å². The van der Waals surface area contributed by atoms with Crippen LogP contribution in [0.5, 0.6) is 0 Å². The number of nitrogens with one attached hydrogen (secondary N) is 2. The largest absolute Gasteiger partial charge is 0.326 e. The molecule has 4 aromatic carbocycles. The van der Waals surface area contributed by atoms with Crippen LogP contribution in [0.4, 0.5) is 11.4 Å². The summed E-state index contributed by atoms with van der Waals surface area (Å²) in [6, 6.07) is 31.4. The first-order valence-corrected chi connectivity index (χ1v) is 11.9. The number of hydrogen-bond acceptors (Lipinski definition) is 3. The highest BCUT2D eigenvalue weighted by Crippen LogP contribution is 2.37. The van der Waals surface area contributed by atoms with Crippen LogP contribution < -0.4 is 10.6 Å². The van der Waals surface area contributed by atoms with E-state index in [4.69, 9.17) is 0 Å². The van der Waals surface area contributed by atoms with E-state index in [0.717, 1.165) is 39.0 Å². The van der Waals surface area contributed by atoms with E-state index in [2.05, 4.69) is 16.7 Å². The van der Waals surface area contributed by atoms with E-state index < -0.39 is 5.25 Å². The van der Waals surface area contributed by atoms with Crippen molar-refractivity contribution in [1.82, 2.24) is 0 Å². The van der Waals surface area contributed by atoms with E-state index in [1.165, 1.54) is 11.8 Å². The molecule has 0 aliphatic rings. The van der Waals surface area contributed by atoms with E-state index in [1.807, 2.05) is 97.9 Å². The van der Waals surface area contributed by atoms with Crippen molar-refractivity contribution in [3.63, 3.8) is 0 Å². The van der Waals surface area contributed by atoms with E-state index in [9.17, 15) is 9.59 Å². The van der Waals surface area contributed by atoms with Crippen LogP contribution in [0.15, 0.2) is 102 Å². The van der Waals surface area contributed by atoms with E-state index in [1.54, 1.807) is 0 Å². The smallest absolute Gasteiger partial charge is 0.242 e. The molecule has 0 radical (unpaired) electrons. The second-order valence-electron chi connectivity index (χ2n) is 7.79. The van der Waals surface area contributed by atoms with Crippen molar-refractivity contribution < 1.29 is 9.59 Å². The van der Waals surface area contributed by atoms with Crippen LogP contribution >= 0.6 is 11.8 Å². The average Bonchev–Trinajstić information content (AvgIpc) is 2.83. The standard InChI is InChI=1S/C28H26N2O2S/c1-2-9-26(31)29-23-14-8-15-25(19-23)33-27(21-11-4-3-5-12-21)28(32)30-24-17-16-20-10-6-7-13-22(20)18-24/h3-8,10-19,27H,2,9H2,1H3,(H,29,31)(H,30,32). The fourth-order valence-electron chi connectivity index (χ4n) is 3.61. The molecule has 0 aliphatic carbocycles. The second-order valence-corrected chi connectivity index (χ2v) is 8.96. The third-order valence-corrected chi connectivity index (χ3v) is 6.45. The zero-order valence-electron chi connectivity index (χ0n) is 18.5. The Morgan fingerprint density at radius 3 is 2.27 bits per heavy atom. The molecule has 0 spiro atoms. The Hall–Kier alpha value is -3.57. The lowest BCUT2D eigenvalue weighted by Crippen LogP contribution is -2.19. The predicted octanol–water partition coefficient (Wildman–Crippen LogP) is 7.05. The van der Waals surface area contributed by atoms with Gasteiger partial charge in [-0.2, -0.15) is 0 Å². The minimum absolute atomic E-state index is 0.00620. The molecule has 2 amide bonds. The van der Waals surface area contributed by atoms with Gasteiger partial charge in [0.1, 0.15) is 5.25 Å². The molecule has 5 heteroatoms. The van der Waals surface area contributed by atoms with Crippen LogP contribution in [0.1, 0.15) is 30.6 Å². The zero-order valence-corrected chi connectivity index (χ0v) is 19.3. The molecule has 1 atom stereocenters. The van der Waals surface area contributed by atoms with Gasteiger partial charge in [0.25, 0.3) is 0 Å². The Morgan fingerprint density at radius 2 is 1.48 bits per heavy atom. The average molecular weight is 455 g/mol. The first kappa shape index (κ1) is 22.6. The number of amides is 2. The number of thioether (sulfide) groups is 1. The quantitative estimate of drug-likeness (QED) is 0.280. The normalized spacial score (nSPS) is 11.7. The lowest BCUT2D eigenvalue weighted by atomic mass is 10.1. The molecule has 0 fully saturated rings. The topological polar surface area (TPSA) is 58.2 Å². The highest BCUT2D eigenvalue weighted by Gasteiger charge is 2.22. The summed E-state index contributed by atoms with van der Waals surface area (Å²) in [4.78, 5) is 26.3. The molecule has 0 bridgehead atoms. The molecule has 33 heavy (non-hydrogen) atoms. The maximum absolute atomic E-state index is 13.4. The minimum Gasteiger partial charge on any atom is -0.326 e. The van der Waals surface area contributed by atoms with Gasteiger partial charge in [0.2, 0.25) is 11.8 Å². The van der Waals surface area contributed by atoms with E-state index in [0.29, 0.717) is 6.42 Å². The van der Waals surface area contributed by atoms with Gasteiger partial charge in [-0.15, -0.1) is 11.8 Å². The van der Waals surface area contributed by atoms with Gasteiger partial charge in [-0.25, -0.2) is 0 Å². The molecule has 4 rings (SSSR count). The molecule has 0 saturated heterocycles. The van der Waals surface area contributed by atoms with Crippen molar-refractivity contribution in [2.24, 2.45) is 0 Å². The van der Waals surface area contributed by atoms with E-state index in [-0.39, 0.29) is 11.8 Å². The van der Waals surface area contributed by atoms with Crippen LogP contribution in [0, 0.1) is 0 Å². The molecular weight excluding hydrogens is 428 g/mol. The molecule has 0 aliphatic heterocycles. The summed E-state index contributed by atoms with van der Waals surface area (Å²) in [6.45, 7) is 1.98. The number of fused-ring (bicyclic) bond motifs is 1. The Kier molecular flexibility index (Phi) is 7.43. The lowest BCUT2D eigenvalue weighted by molar-refractivity contribution is -0.116. The summed E-state index contributed by atoms with van der Waals surface area (Å²) in [6.07, 6.45) is 1.28. The van der Waals surface area contributed by atoms with Crippen LogP contribution in [-0.2, 0) is 9.59 Å². The van der Waals surface area contributed by atoms with Gasteiger partial charge >= 0.3 is 0 Å². The summed E-state index contributed by atoms with van der Waals surface area (Å²) in [5, 5.41) is 7.78. The SMILES string of the molecule is CCCC(=O)Nc1cccc(SC(C(=O)Nc2ccc3ccccc3c2)c2ccccc2)c1. The molecule has 0 aromatic heterocycles. The maximum atomic E-state index is 13.4. The van der Waals surface area contributed by atoms with Crippen LogP contribution in [-0.4, -0.2) is 11.8 Å². The van der Waals surface area contributed by atoms with Crippen LogP contribution in [0.2, 0.25) is 0 Å². The van der Waals surface area contributed by atoms with Crippen molar-refractivity contribution in [1.29, 1.82) is 0 Å². The summed E-state index contributed by atoms with van der Waals surface area (Å²) >= 11 is 1.46. The molecule has 166 valence electrons. The Balaban J connectivity index is 1.56. The molecular formula is C28H26N2O2S. The summed E-state index contributed by atoms with van der Waals surface area (Å²) in [5.74, 6) is -0.102.